The van der Waals surface area contributed by atoms with Gasteiger partial charge in [-0.15, -0.1) is 0 Å². The van der Waals surface area contributed by atoms with Gasteiger partial charge < -0.3 is 9.32 Å². The highest BCUT2D eigenvalue weighted by atomic mass is 19.1. The van der Waals surface area contributed by atoms with Gasteiger partial charge in [0.2, 0.25) is 5.91 Å². The number of halogens is 1. The highest BCUT2D eigenvalue weighted by Gasteiger charge is 2.44. The SMILES string of the molecule is N#Cc1ccc(N2C(=O)CC(N(Cc3ccco3)C(=O)c3ccc(F)cc3)C2=O)cc1. The van der Waals surface area contributed by atoms with Gasteiger partial charge in [-0.25, -0.2) is 9.29 Å². The molecule has 1 aliphatic rings. The highest BCUT2D eigenvalue weighted by molar-refractivity contribution is 6.23. The maximum atomic E-state index is 13.3. The molecule has 154 valence electrons. The first-order valence-electron chi connectivity index (χ1n) is 9.44. The number of hydrogen-bond acceptors (Lipinski definition) is 5. The van der Waals surface area contributed by atoms with Crippen LogP contribution in [0.2, 0.25) is 0 Å². The molecule has 1 unspecified atom stereocenters. The fourth-order valence-corrected chi connectivity index (χ4v) is 3.47. The number of furan rings is 1. The van der Waals surface area contributed by atoms with Crippen molar-refractivity contribution in [1.29, 1.82) is 5.26 Å². The Morgan fingerprint density at radius 2 is 1.84 bits per heavy atom. The van der Waals surface area contributed by atoms with E-state index in [1.807, 2.05) is 6.07 Å². The van der Waals surface area contributed by atoms with E-state index >= 15 is 0 Å². The van der Waals surface area contributed by atoms with E-state index < -0.39 is 29.6 Å². The van der Waals surface area contributed by atoms with Crippen LogP contribution in [0.3, 0.4) is 0 Å². The van der Waals surface area contributed by atoms with E-state index in [1.165, 1.54) is 47.6 Å². The average molecular weight is 417 g/mol. The van der Waals surface area contributed by atoms with Gasteiger partial charge >= 0.3 is 0 Å². The number of hydrogen-bond donors (Lipinski definition) is 0. The molecule has 0 aliphatic carbocycles. The molecule has 0 N–H and O–H groups in total. The van der Waals surface area contributed by atoms with Crippen LogP contribution in [0.4, 0.5) is 10.1 Å². The zero-order valence-corrected chi connectivity index (χ0v) is 16.2. The highest BCUT2D eigenvalue weighted by Crippen LogP contribution is 2.28. The van der Waals surface area contributed by atoms with Crippen LogP contribution < -0.4 is 4.90 Å². The summed E-state index contributed by atoms with van der Waals surface area (Å²) in [6, 6.07) is 15.2. The summed E-state index contributed by atoms with van der Waals surface area (Å²) in [5.41, 5.74) is 0.902. The molecule has 31 heavy (non-hydrogen) atoms. The third kappa shape index (κ3) is 3.94. The largest absolute Gasteiger partial charge is 0.467 e. The van der Waals surface area contributed by atoms with Crippen LogP contribution in [-0.4, -0.2) is 28.7 Å². The Hall–Kier alpha value is -4.25. The lowest BCUT2D eigenvalue weighted by molar-refractivity contribution is -0.122. The van der Waals surface area contributed by atoms with Crippen LogP contribution in [0.25, 0.3) is 0 Å². The predicted molar refractivity (Wildman–Crippen MR) is 107 cm³/mol. The Morgan fingerprint density at radius 3 is 2.45 bits per heavy atom. The maximum Gasteiger partial charge on any atom is 0.257 e. The van der Waals surface area contributed by atoms with Crippen LogP contribution in [0.1, 0.15) is 28.1 Å². The van der Waals surface area contributed by atoms with Gasteiger partial charge in [0.25, 0.3) is 11.8 Å². The molecular formula is C23H16FN3O4. The first-order chi connectivity index (χ1) is 15.0. The number of rotatable bonds is 5. The minimum atomic E-state index is -1.05. The number of nitrogens with zero attached hydrogens (tertiary/aromatic N) is 3. The van der Waals surface area contributed by atoms with Crippen molar-refractivity contribution in [2.75, 3.05) is 4.90 Å². The molecule has 3 amide bonds. The molecule has 0 saturated carbocycles. The molecule has 1 aliphatic heterocycles. The minimum absolute atomic E-state index is 0.0336. The van der Waals surface area contributed by atoms with Gasteiger partial charge in [0, 0.05) is 5.56 Å². The average Bonchev–Trinajstić information content (AvgIpc) is 3.39. The number of benzene rings is 2. The number of nitriles is 1. The van der Waals surface area contributed by atoms with Gasteiger partial charge in [-0.1, -0.05) is 0 Å². The summed E-state index contributed by atoms with van der Waals surface area (Å²) in [5.74, 6) is -1.60. The zero-order valence-electron chi connectivity index (χ0n) is 16.2. The van der Waals surface area contributed by atoms with Crippen LogP contribution >= 0.6 is 0 Å². The quantitative estimate of drug-likeness (QED) is 0.594. The second kappa shape index (κ2) is 8.24. The number of anilines is 1. The molecule has 2 aromatic carbocycles. The first kappa shape index (κ1) is 20.0. The van der Waals surface area contributed by atoms with Gasteiger partial charge in [-0.05, 0) is 60.7 Å². The number of carbonyl (C=O) groups excluding carboxylic acids is 3. The lowest BCUT2D eigenvalue weighted by atomic mass is 10.1. The lowest BCUT2D eigenvalue weighted by Gasteiger charge is -2.27. The summed E-state index contributed by atoms with van der Waals surface area (Å²) in [5, 5.41) is 8.95. The van der Waals surface area contributed by atoms with E-state index in [1.54, 1.807) is 12.1 Å². The van der Waals surface area contributed by atoms with Crippen molar-refractivity contribution in [2.45, 2.75) is 19.0 Å². The van der Waals surface area contributed by atoms with Gasteiger partial charge in [-0.3, -0.25) is 14.4 Å². The number of imide groups is 1. The van der Waals surface area contributed by atoms with Crippen molar-refractivity contribution in [3.8, 4) is 6.07 Å². The van der Waals surface area contributed by atoms with Gasteiger partial charge in [0.1, 0.15) is 17.6 Å². The third-order valence-electron chi connectivity index (χ3n) is 5.01. The van der Waals surface area contributed by atoms with Crippen molar-refractivity contribution in [3.05, 3.63) is 89.6 Å². The molecule has 0 radical (unpaired) electrons. The fourth-order valence-electron chi connectivity index (χ4n) is 3.47. The van der Waals surface area contributed by atoms with E-state index in [0.29, 0.717) is 17.0 Å². The normalized spacial score (nSPS) is 15.7. The van der Waals surface area contributed by atoms with Crippen molar-refractivity contribution < 1.29 is 23.2 Å². The van der Waals surface area contributed by atoms with Crippen LogP contribution in [0, 0.1) is 17.1 Å². The van der Waals surface area contributed by atoms with E-state index in [9.17, 15) is 18.8 Å². The summed E-state index contributed by atoms with van der Waals surface area (Å²) in [4.78, 5) is 41.3. The van der Waals surface area contributed by atoms with Crippen molar-refractivity contribution in [1.82, 2.24) is 4.90 Å². The molecule has 0 bridgehead atoms. The summed E-state index contributed by atoms with van der Waals surface area (Å²) in [7, 11) is 0. The Kier molecular flexibility index (Phi) is 5.33. The second-order valence-electron chi connectivity index (χ2n) is 6.97. The summed E-state index contributed by atoms with van der Waals surface area (Å²) in [6.45, 7) is -0.0336. The van der Waals surface area contributed by atoms with Gasteiger partial charge in [-0.2, -0.15) is 5.26 Å². The Labute approximate surface area is 176 Å². The zero-order chi connectivity index (χ0) is 22.0. The second-order valence-corrected chi connectivity index (χ2v) is 6.97. The Morgan fingerprint density at radius 1 is 1.13 bits per heavy atom. The molecule has 8 heteroatoms. The molecule has 1 fully saturated rings. The topological polar surface area (TPSA) is 94.6 Å². The van der Waals surface area contributed by atoms with Crippen molar-refractivity contribution >= 4 is 23.4 Å². The molecule has 2 heterocycles. The molecule has 3 aromatic rings. The summed E-state index contributed by atoms with van der Waals surface area (Å²) < 4.78 is 18.6. The smallest absolute Gasteiger partial charge is 0.257 e. The molecule has 7 nitrogen and oxygen atoms in total. The molecule has 1 atom stereocenters. The molecule has 1 saturated heterocycles. The maximum absolute atomic E-state index is 13.3. The van der Waals surface area contributed by atoms with Gasteiger partial charge in [0.15, 0.2) is 0 Å². The standard InChI is InChI=1S/C23H16FN3O4/c24-17-7-5-16(6-8-17)22(29)26(14-19-2-1-11-31-19)20-12-21(28)27(23(20)30)18-9-3-15(13-25)4-10-18/h1-11,20H,12,14H2. The Balaban J connectivity index is 1.66. The number of amides is 3. The van der Waals surface area contributed by atoms with Gasteiger partial charge in [0.05, 0.1) is 36.5 Å². The van der Waals surface area contributed by atoms with E-state index in [0.717, 1.165) is 17.0 Å². The van der Waals surface area contributed by atoms with Crippen LogP contribution in [0.15, 0.2) is 71.3 Å². The monoisotopic (exact) mass is 417 g/mol. The predicted octanol–water partition coefficient (Wildman–Crippen LogP) is 3.26. The van der Waals surface area contributed by atoms with Crippen LogP contribution in [0.5, 0.6) is 0 Å². The van der Waals surface area contributed by atoms with Crippen molar-refractivity contribution in [3.63, 3.8) is 0 Å². The molecule has 0 spiro atoms. The molecule has 4 rings (SSSR count). The minimum Gasteiger partial charge on any atom is -0.467 e. The van der Waals surface area contributed by atoms with E-state index in [4.69, 9.17) is 9.68 Å². The van der Waals surface area contributed by atoms with E-state index in [2.05, 4.69) is 0 Å². The first-order valence-corrected chi connectivity index (χ1v) is 9.44. The van der Waals surface area contributed by atoms with E-state index in [-0.39, 0.29) is 18.5 Å². The van der Waals surface area contributed by atoms with Crippen molar-refractivity contribution in [2.24, 2.45) is 0 Å². The summed E-state index contributed by atoms with van der Waals surface area (Å²) in [6.07, 6.45) is 1.24. The fraction of sp³-hybridized carbons (Fsp3) is 0.130. The Bertz CT molecular complexity index is 1170. The molecule has 1 aromatic heterocycles. The van der Waals surface area contributed by atoms with Crippen LogP contribution in [-0.2, 0) is 16.1 Å². The molecular weight excluding hydrogens is 401 g/mol. The number of carbonyl (C=O) groups is 3. The summed E-state index contributed by atoms with van der Waals surface area (Å²) >= 11 is 0. The lowest BCUT2D eigenvalue weighted by Crippen LogP contribution is -2.45. The third-order valence-corrected chi connectivity index (χ3v) is 5.01.